The number of hydrogen-bond acceptors (Lipinski definition) is 6. The normalized spacial score (nSPS) is 17.2. The number of benzene rings is 1. The van der Waals surface area contributed by atoms with Crippen molar-refractivity contribution in [1.82, 2.24) is 20.0 Å². The summed E-state index contributed by atoms with van der Waals surface area (Å²) in [6.07, 6.45) is 4.57. The van der Waals surface area contributed by atoms with Gasteiger partial charge in [-0.1, -0.05) is 47.8 Å². The number of aryl methyl sites for hydroxylation is 3. The summed E-state index contributed by atoms with van der Waals surface area (Å²) in [4.78, 5) is 13.1. The van der Waals surface area contributed by atoms with Crippen molar-refractivity contribution in [2.24, 2.45) is 0 Å². The minimum atomic E-state index is -0.109. The van der Waals surface area contributed by atoms with Crippen molar-refractivity contribution < 1.29 is 4.52 Å². The lowest BCUT2D eigenvalue weighted by Crippen LogP contribution is -2.26. The Morgan fingerprint density at radius 1 is 1.10 bits per heavy atom. The lowest BCUT2D eigenvalue weighted by Gasteiger charge is -2.26. The number of nitrogens with zero attached hydrogens (tertiary/aromatic N) is 4. The van der Waals surface area contributed by atoms with E-state index in [2.05, 4.69) is 69.1 Å². The third-order valence-electron chi connectivity index (χ3n) is 6.34. The van der Waals surface area contributed by atoms with Crippen molar-refractivity contribution >= 4 is 11.3 Å². The first kappa shape index (κ1) is 20.2. The molecule has 1 atom stereocenters. The second-order valence-corrected chi connectivity index (χ2v) is 9.84. The number of aromatic nitrogens is 3. The van der Waals surface area contributed by atoms with Gasteiger partial charge in [-0.05, 0) is 53.1 Å². The SMILES string of the molecule is Cc1ccc(C2(c3noc(CN(C)C(C)c4nc(C)sc4C)n3)CCCC2)cc1. The molecule has 2 aromatic heterocycles. The van der Waals surface area contributed by atoms with E-state index in [1.165, 1.54) is 28.8 Å². The molecule has 1 aliphatic rings. The summed E-state index contributed by atoms with van der Waals surface area (Å²) in [5.74, 6) is 1.52. The Morgan fingerprint density at radius 3 is 2.41 bits per heavy atom. The highest BCUT2D eigenvalue weighted by Gasteiger charge is 2.41. The topological polar surface area (TPSA) is 55.1 Å². The van der Waals surface area contributed by atoms with E-state index in [-0.39, 0.29) is 11.5 Å². The summed E-state index contributed by atoms with van der Waals surface area (Å²) in [7, 11) is 2.09. The van der Waals surface area contributed by atoms with Crippen molar-refractivity contribution in [2.45, 2.75) is 71.4 Å². The fourth-order valence-electron chi connectivity index (χ4n) is 4.50. The van der Waals surface area contributed by atoms with Crippen LogP contribution in [0.15, 0.2) is 28.8 Å². The molecule has 3 aromatic rings. The monoisotopic (exact) mass is 410 g/mol. The molecule has 1 aliphatic carbocycles. The summed E-state index contributed by atoms with van der Waals surface area (Å²) in [6, 6.07) is 9.04. The predicted molar refractivity (Wildman–Crippen MR) is 116 cm³/mol. The molecule has 5 nitrogen and oxygen atoms in total. The third kappa shape index (κ3) is 3.88. The summed E-state index contributed by atoms with van der Waals surface area (Å²) >= 11 is 1.75. The summed E-state index contributed by atoms with van der Waals surface area (Å²) < 4.78 is 5.72. The smallest absolute Gasteiger partial charge is 0.240 e. The Bertz CT molecular complexity index is 969. The Labute approximate surface area is 177 Å². The van der Waals surface area contributed by atoms with Crippen LogP contribution in [-0.4, -0.2) is 27.1 Å². The van der Waals surface area contributed by atoms with Crippen LogP contribution in [0.25, 0.3) is 0 Å². The molecule has 0 aliphatic heterocycles. The van der Waals surface area contributed by atoms with Gasteiger partial charge < -0.3 is 4.52 Å². The third-order valence-corrected chi connectivity index (χ3v) is 7.24. The molecule has 0 N–H and O–H groups in total. The number of hydrogen-bond donors (Lipinski definition) is 0. The predicted octanol–water partition coefficient (Wildman–Crippen LogP) is 5.50. The maximum atomic E-state index is 5.72. The quantitative estimate of drug-likeness (QED) is 0.537. The zero-order valence-corrected chi connectivity index (χ0v) is 18.8. The highest BCUT2D eigenvalue weighted by Crippen LogP contribution is 2.45. The molecular formula is C23H30N4OS. The zero-order chi connectivity index (χ0) is 20.6. The molecule has 154 valence electrons. The van der Waals surface area contributed by atoms with Gasteiger partial charge in [0, 0.05) is 4.88 Å². The van der Waals surface area contributed by atoms with Gasteiger partial charge in [0.2, 0.25) is 5.89 Å². The van der Waals surface area contributed by atoms with Crippen LogP contribution in [0.1, 0.15) is 77.1 Å². The molecule has 1 aromatic carbocycles. The van der Waals surface area contributed by atoms with Crippen molar-refractivity contribution in [1.29, 1.82) is 0 Å². The van der Waals surface area contributed by atoms with Crippen LogP contribution in [0.5, 0.6) is 0 Å². The van der Waals surface area contributed by atoms with Crippen LogP contribution >= 0.6 is 11.3 Å². The van der Waals surface area contributed by atoms with Gasteiger partial charge in [0.15, 0.2) is 5.82 Å². The van der Waals surface area contributed by atoms with E-state index in [1.807, 2.05) is 0 Å². The van der Waals surface area contributed by atoms with Gasteiger partial charge in [0.05, 0.1) is 28.7 Å². The first-order valence-corrected chi connectivity index (χ1v) is 11.2. The molecule has 0 amide bonds. The molecule has 6 heteroatoms. The van der Waals surface area contributed by atoms with Gasteiger partial charge in [-0.25, -0.2) is 4.98 Å². The van der Waals surface area contributed by atoms with Crippen LogP contribution in [0.4, 0.5) is 0 Å². The summed E-state index contributed by atoms with van der Waals surface area (Å²) in [5, 5.41) is 5.56. The van der Waals surface area contributed by atoms with Gasteiger partial charge in [-0.2, -0.15) is 4.98 Å². The van der Waals surface area contributed by atoms with Crippen LogP contribution in [-0.2, 0) is 12.0 Å². The maximum absolute atomic E-state index is 5.72. The van der Waals surface area contributed by atoms with Crippen molar-refractivity contribution in [3.8, 4) is 0 Å². The first-order valence-electron chi connectivity index (χ1n) is 10.4. The van der Waals surface area contributed by atoms with Crippen LogP contribution < -0.4 is 0 Å². The fraction of sp³-hybridized carbons (Fsp3) is 0.522. The molecule has 1 unspecified atom stereocenters. The molecule has 2 heterocycles. The van der Waals surface area contributed by atoms with E-state index >= 15 is 0 Å². The number of rotatable bonds is 6. The molecule has 1 fully saturated rings. The van der Waals surface area contributed by atoms with Gasteiger partial charge in [-0.3, -0.25) is 4.90 Å². The highest BCUT2D eigenvalue weighted by molar-refractivity contribution is 7.11. The molecule has 1 saturated carbocycles. The molecule has 0 saturated heterocycles. The largest absolute Gasteiger partial charge is 0.338 e. The summed E-state index contributed by atoms with van der Waals surface area (Å²) in [5.41, 5.74) is 3.62. The lowest BCUT2D eigenvalue weighted by atomic mass is 9.78. The Kier molecular flexibility index (Phi) is 5.58. The average molecular weight is 411 g/mol. The van der Waals surface area contributed by atoms with Gasteiger partial charge in [-0.15, -0.1) is 11.3 Å². The Balaban J connectivity index is 1.55. The second-order valence-electron chi connectivity index (χ2n) is 8.43. The maximum Gasteiger partial charge on any atom is 0.240 e. The molecule has 0 bridgehead atoms. The lowest BCUT2D eigenvalue weighted by molar-refractivity contribution is 0.213. The summed E-state index contributed by atoms with van der Waals surface area (Å²) in [6.45, 7) is 9.13. The van der Waals surface area contributed by atoms with Crippen LogP contribution in [0.2, 0.25) is 0 Å². The van der Waals surface area contributed by atoms with E-state index < -0.39 is 0 Å². The van der Waals surface area contributed by atoms with E-state index in [0.29, 0.717) is 12.4 Å². The standard InChI is InChI=1S/C23H30N4OS/c1-15-8-10-19(11-9-15)23(12-6-7-13-23)22-25-20(28-26-22)14-27(5)16(2)21-17(3)29-18(4)24-21/h8-11,16H,6-7,12-14H2,1-5H3. The second kappa shape index (κ2) is 8.00. The van der Waals surface area contributed by atoms with Crippen LogP contribution in [0, 0.1) is 20.8 Å². The highest BCUT2D eigenvalue weighted by atomic mass is 32.1. The molecular weight excluding hydrogens is 380 g/mol. The molecule has 29 heavy (non-hydrogen) atoms. The molecule has 0 spiro atoms. The van der Waals surface area contributed by atoms with E-state index in [4.69, 9.17) is 14.5 Å². The van der Waals surface area contributed by atoms with Crippen molar-refractivity contribution in [2.75, 3.05) is 7.05 Å². The zero-order valence-electron chi connectivity index (χ0n) is 18.0. The van der Waals surface area contributed by atoms with Gasteiger partial charge >= 0.3 is 0 Å². The first-order chi connectivity index (χ1) is 13.9. The van der Waals surface area contributed by atoms with Crippen molar-refractivity contribution in [3.63, 3.8) is 0 Å². The van der Waals surface area contributed by atoms with Gasteiger partial charge in [0.1, 0.15) is 0 Å². The van der Waals surface area contributed by atoms with E-state index in [1.54, 1.807) is 11.3 Å². The minimum Gasteiger partial charge on any atom is -0.338 e. The van der Waals surface area contributed by atoms with Crippen LogP contribution in [0.3, 0.4) is 0 Å². The van der Waals surface area contributed by atoms with E-state index in [9.17, 15) is 0 Å². The molecule has 4 rings (SSSR count). The van der Waals surface area contributed by atoms with Crippen molar-refractivity contribution in [3.05, 3.63) is 62.7 Å². The Morgan fingerprint density at radius 2 is 1.79 bits per heavy atom. The fourth-order valence-corrected chi connectivity index (χ4v) is 5.41. The minimum absolute atomic E-state index is 0.109. The number of thiazole rings is 1. The van der Waals surface area contributed by atoms with Gasteiger partial charge in [0.25, 0.3) is 0 Å². The Hall–Kier alpha value is -2.05. The molecule has 0 radical (unpaired) electrons. The average Bonchev–Trinajstić information content (AvgIpc) is 3.42. The van der Waals surface area contributed by atoms with E-state index in [0.717, 1.165) is 29.4 Å².